The number of hydrogen-bond acceptors (Lipinski definition) is 6. The number of rotatable bonds is 3. The number of anilines is 2. The minimum atomic E-state index is -0.549. The van der Waals surface area contributed by atoms with Crippen LogP contribution in [0.15, 0.2) is 6.20 Å². The summed E-state index contributed by atoms with van der Waals surface area (Å²) in [7, 11) is 0. The van der Waals surface area contributed by atoms with E-state index in [4.69, 9.17) is 11.5 Å². The minimum absolute atomic E-state index is 0.0934. The standard InChI is InChI=1S/C8H11N7O/c1-3(5(9)16)12-6-4-2-11-15-7(4)14-8(10)13-6/h2-3H,1H3,(H2,9,16)(H4,10,11,12,13,14,15). The molecule has 0 saturated carbocycles. The van der Waals surface area contributed by atoms with Crippen molar-refractivity contribution in [2.24, 2.45) is 5.73 Å². The van der Waals surface area contributed by atoms with Crippen molar-refractivity contribution in [2.75, 3.05) is 11.1 Å². The summed E-state index contributed by atoms with van der Waals surface area (Å²) in [6.45, 7) is 1.63. The second-order valence-electron chi connectivity index (χ2n) is 3.33. The van der Waals surface area contributed by atoms with Crippen LogP contribution in [0.4, 0.5) is 11.8 Å². The molecule has 1 atom stereocenters. The maximum absolute atomic E-state index is 10.9. The molecule has 0 fully saturated rings. The summed E-state index contributed by atoms with van der Waals surface area (Å²) in [5, 5.41) is 9.98. The molecule has 0 saturated heterocycles. The number of carbonyl (C=O) groups is 1. The number of primary amides is 1. The van der Waals surface area contributed by atoms with Gasteiger partial charge in [-0.1, -0.05) is 0 Å². The van der Waals surface area contributed by atoms with Crippen LogP contribution >= 0.6 is 0 Å². The topological polar surface area (TPSA) is 136 Å². The molecule has 1 amide bonds. The largest absolute Gasteiger partial charge is 0.368 e. The van der Waals surface area contributed by atoms with Gasteiger partial charge in [0.2, 0.25) is 11.9 Å². The van der Waals surface area contributed by atoms with Gasteiger partial charge in [0, 0.05) is 0 Å². The van der Waals surface area contributed by atoms with Gasteiger partial charge in [-0.25, -0.2) is 0 Å². The van der Waals surface area contributed by atoms with Crippen LogP contribution in [0.3, 0.4) is 0 Å². The molecule has 0 aliphatic heterocycles. The fourth-order valence-corrected chi connectivity index (χ4v) is 1.24. The highest BCUT2D eigenvalue weighted by Crippen LogP contribution is 2.19. The Bertz CT molecular complexity index is 534. The highest BCUT2D eigenvalue weighted by molar-refractivity contribution is 5.90. The quantitative estimate of drug-likeness (QED) is 0.536. The molecular formula is C8H11N7O. The van der Waals surface area contributed by atoms with Gasteiger partial charge in [-0.15, -0.1) is 0 Å². The molecule has 0 spiro atoms. The second kappa shape index (κ2) is 3.65. The van der Waals surface area contributed by atoms with E-state index in [0.717, 1.165) is 0 Å². The summed E-state index contributed by atoms with van der Waals surface area (Å²) in [4.78, 5) is 18.8. The molecule has 84 valence electrons. The number of nitrogens with two attached hydrogens (primary N) is 2. The molecule has 2 aromatic rings. The zero-order chi connectivity index (χ0) is 11.7. The Morgan fingerprint density at radius 1 is 1.56 bits per heavy atom. The van der Waals surface area contributed by atoms with Crippen molar-refractivity contribution in [3.05, 3.63) is 6.20 Å². The lowest BCUT2D eigenvalue weighted by molar-refractivity contribution is -0.118. The summed E-state index contributed by atoms with van der Waals surface area (Å²) in [5.41, 5.74) is 11.2. The zero-order valence-corrected chi connectivity index (χ0v) is 8.56. The Balaban J connectivity index is 2.42. The molecule has 0 bridgehead atoms. The first-order valence-corrected chi connectivity index (χ1v) is 4.60. The maximum Gasteiger partial charge on any atom is 0.239 e. The van der Waals surface area contributed by atoms with Crippen LogP contribution < -0.4 is 16.8 Å². The number of amides is 1. The third-order valence-electron chi connectivity index (χ3n) is 2.11. The normalized spacial score (nSPS) is 12.6. The first-order valence-electron chi connectivity index (χ1n) is 4.60. The van der Waals surface area contributed by atoms with Crippen molar-refractivity contribution in [1.82, 2.24) is 20.2 Å². The summed E-state index contributed by atoms with van der Waals surface area (Å²) in [6.07, 6.45) is 1.55. The molecule has 0 aliphatic rings. The summed E-state index contributed by atoms with van der Waals surface area (Å²) in [6, 6.07) is -0.549. The van der Waals surface area contributed by atoms with Gasteiger partial charge in [0.25, 0.3) is 0 Å². The minimum Gasteiger partial charge on any atom is -0.368 e. The van der Waals surface area contributed by atoms with Crippen LogP contribution in [0.5, 0.6) is 0 Å². The van der Waals surface area contributed by atoms with Gasteiger partial charge in [0.1, 0.15) is 11.9 Å². The second-order valence-corrected chi connectivity index (χ2v) is 3.33. The summed E-state index contributed by atoms with van der Waals surface area (Å²) >= 11 is 0. The van der Waals surface area contributed by atoms with Crippen LogP contribution in [0.25, 0.3) is 11.0 Å². The van der Waals surface area contributed by atoms with Crippen molar-refractivity contribution < 1.29 is 4.79 Å². The number of carbonyl (C=O) groups excluding carboxylic acids is 1. The number of H-pyrrole nitrogens is 1. The fraction of sp³-hybridized carbons (Fsp3) is 0.250. The van der Waals surface area contributed by atoms with E-state index in [1.807, 2.05) is 0 Å². The first kappa shape index (κ1) is 10.1. The number of aromatic amines is 1. The van der Waals surface area contributed by atoms with Crippen molar-refractivity contribution in [1.29, 1.82) is 0 Å². The van der Waals surface area contributed by atoms with E-state index >= 15 is 0 Å². The first-order chi connectivity index (χ1) is 7.58. The van der Waals surface area contributed by atoms with E-state index in [1.54, 1.807) is 13.1 Å². The molecule has 2 aromatic heterocycles. The van der Waals surface area contributed by atoms with Crippen LogP contribution in [-0.2, 0) is 4.79 Å². The van der Waals surface area contributed by atoms with Gasteiger partial charge in [0.05, 0.1) is 11.6 Å². The van der Waals surface area contributed by atoms with E-state index in [-0.39, 0.29) is 5.95 Å². The molecule has 1 unspecified atom stereocenters. The number of nitrogen functional groups attached to an aromatic ring is 1. The Morgan fingerprint density at radius 3 is 3.00 bits per heavy atom. The van der Waals surface area contributed by atoms with Gasteiger partial charge < -0.3 is 16.8 Å². The lowest BCUT2D eigenvalue weighted by Crippen LogP contribution is -2.32. The molecule has 2 rings (SSSR count). The van der Waals surface area contributed by atoms with Crippen LogP contribution in [0.1, 0.15) is 6.92 Å². The van der Waals surface area contributed by atoms with Crippen molar-refractivity contribution in [2.45, 2.75) is 13.0 Å². The smallest absolute Gasteiger partial charge is 0.239 e. The van der Waals surface area contributed by atoms with Gasteiger partial charge in [-0.05, 0) is 6.92 Å². The third-order valence-corrected chi connectivity index (χ3v) is 2.11. The number of aromatic nitrogens is 4. The van der Waals surface area contributed by atoms with E-state index in [1.165, 1.54) is 0 Å². The average molecular weight is 221 g/mol. The number of nitrogens with zero attached hydrogens (tertiary/aromatic N) is 3. The van der Waals surface area contributed by atoms with Gasteiger partial charge in [-0.2, -0.15) is 15.1 Å². The third kappa shape index (κ3) is 1.72. The van der Waals surface area contributed by atoms with E-state index in [2.05, 4.69) is 25.5 Å². The molecular weight excluding hydrogens is 210 g/mol. The predicted octanol–water partition coefficient (Wildman–Crippen LogP) is -0.779. The number of fused-ring (bicyclic) bond motifs is 1. The monoisotopic (exact) mass is 221 g/mol. The Kier molecular flexibility index (Phi) is 2.31. The zero-order valence-electron chi connectivity index (χ0n) is 8.56. The van der Waals surface area contributed by atoms with Gasteiger partial charge >= 0.3 is 0 Å². The molecule has 16 heavy (non-hydrogen) atoms. The van der Waals surface area contributed by atoms with Crippen LogP contribution in [0, 0.1) is 0 Å². The molecule has 0 aliphatic carbocycles. The number of hydrogen-bond donors (Lipinski definition) is 4. The summed E-state index contributed by atoms with van der Waals surface area (Å²) < 4.78 is 0. The SMILES string of the molecule is CC(Nc1nc(N)nc2[nH]ncc12)C(N)=O. The van der Waals surface area contributed by atoms with Crippen molar-refractivity contribution >= 4 is 28.7 Å². The Morgan fingerprint density at radius 2 is 2.31 bits per heavy atom. The Hall–Kier alpha value is -2.38. The molecule has 2 heterocycles. The lowest BCUT2D eigenvalue weighted by atomic mass is 10.3. The Labute approximate surface area is 90.4 Å². The molecule has 6 N–H and O–H groups in total. The van der Waals surface area contributed by atoms with Gasteiger partial charge in [0.15, 0.2) is 5.65 Å². The number of nitrogens with one attached hydrogen (secondary N) is 2. The molecule has 8 nitrogen and oxygen atoms in total. The van der Waals surface area contributed by atoms with Gasteiger partial charge in [-0.3, -0.25) is 9.89 Å². The van der Waals surface area contributed by atoms with Crippen molar-refractivity contribution in [3.8, 4) is 0 Å². The lowest BCUT2D eigenvalue weighted by Gasteiger charge is -2.11. The van der Waals surface area contributed by atoms with E-state index < -0.39 is 11.9 Å². The molecule has 8 heteroatoms. The highest BCUT2D eigenvalue weighted by Gasteiger charge is 2.13. The van der Waals surface area contributed by atoms with E-state index in [0.29, 0.717) is 16.9 Å². The van der Waals surface area contributed by atoms with Crippen LogP contribution in [-0.4, -0.2) is 32.1 Å². The van der Waals surface area contributed by atoms with Crippen LogP contribution in [0.2, 0.25) is 0 Å². The highest BCUT2D eigenvalue weighted by atomic mass is 16.1. The maximum atomic E-state index is 10.9. The fourth-order valence-electron chi connectivity index (χ4n) is 1.24. The average Bonchev–Trinajstić information content (AvgIpc) is 2.65. The molecule has 0 aromatic carbocycles. The predicted molar refractivity (Wildman–Crippen MR) is 58.4 cm³/mol. The van der Waals surface area contributed by atoms with Crippen molar-refractivity contribution in [3.63, 3.8) is 0 Å². The molecule has 0 radical (unpaired) electrons. The van der Waals surface area contributed by atoms with E-state index in [9.17, 15) is 4.79 Å². The summed E-state index contributed by atoms with van der Waals surface area (Å²) in [5.74, 6) is 0.0484.